The highest BCUT2D eigenvalue weighted by atomic mass is 32.1. The number of hydrogen-bond acceptors (Lipinski definition) is 4. The summed E-state index contributed by atoms with van der Waals surface area (Å²) in [5.74, 6) is 0.313. The number of imidazole rings is 1. The number of nitrogens with one attached hydrogen (secondary N) is 1. The highest BCUT2D eigenvalue weighted by Gasteiger charge is 2.31. The van der Waals surface area contributed by atoms with E-state index in [1.54, 1.807) is 29.2 Å². The van der Waals surface area contributed by atoms with Crippen LogP contribution in [0.4, 0.5) is 13.2 Å². The molecule has 0 spiro atoms. The minimum Gasteiger partial charge on any atom is -0.497 e. The molecule has 0 saturated heterocycles. The Morgan fingerprint density at radius 2 is 1.97 bits per heavy atom. The third-order valence-corrected chi connectivity index (χ3v) is 5.56. The fourth-order valence-electron chi connectivity index (χ4n) is 3.26. The van der Waals surface area contributed by atoms with E-state index in [0.29, 0.717) is 23.6 Å². The fourth-order valence-corrected chi connectivity index (χ4v) is 3.97. The van der Waals surface area contributed by atoms with Crippen LogP contribution in [-0.2, 0) is 12.6 Å². The third-order valence-electron chi connectivity index (χ3n) is 4.80. The van der Waals surface area contributed by atoms with E-state index in [1.807, 2.05) is 24.3 Å². The SMILES string of the molecule is COc1ccc(CCNC(=O)c2nc3sccn3c2-c2cccc(C(F)(F)F)c2)cc1. The molecule has 0 aliphatic rings. The summed E-state index contributed by atoms with van der Waals surface area (Å²) >= 11 is 1.31. The summed E-state index contributed by atoms with van der Waals surface area (Å²) in [5.41, 5.74) is 0.956. The van der Waals surface area contributed by atoms with Crippen LogP contribution in [0, 0.1) is 0 Å². The molecule has 4 aromatic rings. The van der Waals surface area contributed by atoms with Gasteiger partial charge in [0.1, 0.15) is 5.75 Å². The smallest absolute Gasteiger partial charge is 0.416 e. The number of alkyl halides is 3. The van der Waals surface area contributed by atoms with Crippen molar-refractivity contribution in [1.82, 2.24) is 14.7 Å². The van der Waals surface area contributed by atoms with Crippen molar-refractivity contribution in [3.8, 4) is 17.0 Å². The molecule has 31 heavy (non-hydrogen) atoms. The molecule has 0 saturated carbocycles. The van der Waals surface area contributed by atoms with Crippen molar-refractivity contribution >= 4 is 22.2 Å². The van der Waals surface area contributed by atoms with Gasteiger partial charge >= 0.3 is 6.18 Å². The van der Waals surface area contributed by atoms with Gasteiger partial charge in [0.15, 0.2) is 10.7 Å². The van der Waals surface area contributed by atoms with E-state index in [2.05, 4.69) is 10.3 Å². The predicted octanol–water partition coefficient (Wildman–Crippen LogP) is 5.06. The minimum atomic E-state index is -4.48. The minimum absolute atomic E-state index is 0.0981. The Kier molecular flexibility index (Phi) is 5.69. The van der Waals surface area contributed by atoms with Crippen LogP contribution < -0.4 is 10.1 Å². The van der Waals surface area contributed by atoms with E-state index in [0.717, 1.165) is 23.4 Å². The molecular weight excluding hydrogens is 427 g/mol. The number of carbonyl (C=O) groups excluding carboxylic acids is 1. The Bertz CT molecular complexity index is 1210. The zero-order valence-corrected chi connectivity index (χ0v) is 17.3. The van der Waals surface area contributed by atoms with Crippen LogP contribution in [0.3, 0.4) is 0 Å². The molecule has 160 valence electrons. The van der Waals surface area contributed by atoms with Crippen molar-refractivity contribution in [3.05, 3.63) is 76.9 Å². The first-order chi connectivity index (χ1) is 14.9. The first-order valence-electron chi connectivity index (χ1n) is 9.41. The predicted molar refractivity (Wildman–Crippen MR) is 113 cm³/mol. The molecule has 2 aromatic heterocycles. The lowest BCUT2D eigenvalue weighted by molar-refractivity contribution is -0.137. The number of carbonyl (C=O) groups is 1. The van der Waals surface area contributed by atoms with Gasteiger partial charge in [-0.1, -0.05) is 24.3 Å². The Labute approximate surface area is 180 Å². The van der Waals surface area contributed by atoms with E-state index in [1.165, 1.54) is 17.4 Å². The third kappa shape index (κ3) is 4.41. The Balaban J connectivity index is 1.58. The molecule has 0 unspecified atom stereocenters. The van der Waals surface area contributed by atoms with E-state index < -0.39 is 17.6 Å². The summed E-state index contributed by atoms with van der Waals surface area (Å²) in [6, 6.07) is 12.4. The zero-order chi connectivity index (χ0) is 22.0. The summed E-state index contributed by atoms with van der Waals surface area (Å²) < 4.78 is 46.3. The van der Waals surface area contributed by atoms with Crippen molar-refractivity contribution in [2.45, 2.75) is 12.6 Å². The number of thiazole rings is 1. The van der Waals surface area contributed by atoms with Gasteiger partial charge in [0.05, 0.1) is 18.4 Å². The molecule has 5 nitrogen and oxygen atoms in total. The van der Waals surface area contributed by atoms with Crippen molar-refractivity contribution < 1.29 is 22.7 Å². The maximum Gasteiger partial charge on any atom is 0.416 e. The fraction of sp³-hybridized carbons (Fsp3) is 0.182. The molecule has 0 radical (unpaired) electrons. The molecule has 0 aliphatic heterocycles. The standard InChI is InChI=1S/C22H18F3N3O2S/c1-30-17-7-5-14(6-8-17)9-10-26-20(29)18-19(28-11-12-31-21(28)27-18)15-3-2-4-16(13-15)22(23,24)25/h2-8,11-13H,9-10H2,1H3,(H,26,29). The van der Waals surface area contributed by atoms with Crippen LogP contribution >= 0.6 is 11.3 Å². The summed E-state index contributed by atoms with van der Waals surface area (Å²) in [6.07, 6.45) is -2.19. The molecule has 2 aromatic carbocycles. The number of nitrogens with zero attached hydrogens (tertiary/aromatic N) is 2. The average Bonchev–Trinajstić information content (AvgIpc) is 3.35. The zero-order valence-electron chi connectivity index (χ0n) is 16.4. The van der Waals surface area contributed by atoms with Crippen molar-refractivity contribution in [3.63, 3.8) is 0 Å². The number of aromatic nitrogens is 2. The van der Waals surface area contributed by atoms with E-state index in [4.69, 9.17) is 4.74 Å². The largest absolute Gasteiger partial charge is 0.497 e. The van der Waals surface area contributed by atoms with Crippen molar-refractivity contribution in [2.75, 3.05) is 13.7 Å². The van der Waals surface area contributed by atoms with Gasteiger partial charge in [0.25, 0.3) is 5.91 Å². The number of fused-ring (bicyclic) bond motifs is 1. The highest BCUT2D eigenvalue weighted by Crippen LogP contribution is 2.34. The summed E-state index contributed by atoms with van der Waals surface area (Å²) in [6.45, 7) is 0.359. The molecular formula is C22H18F3N3O2S. The maximum atomic E-state index is 13.2. The second-order valence-corrected chi connectivity index (χ2v) is 7.67. The molecule has 0 atom stereocenters. The first-order valence-corrected chi connectivity index (χ1v) is 10.3. The lowest BCUT2D eigenvalue weighted by Gasteiger charge is -2.10. The lowest BCUT2D eigenvalue weighted by Crippen LogP contribution is -2.26. The van der Waals surface area contributed by atoms with Gasteiger partial charge in [0.2, 0.25) is 0 Å². The summed E-state index contributed by atoms with van der Waals surface area (Å²) in [7, 11) is 1.59. The molecule has 1 N–H and O–H groups in total. The first kappa shape index (κ1) is 20.9. The van der Waals surface area contributed by atoms with Gasteiger partial charge in [-0.15, -0.1) is 11.3 Å². The van der Waals surface area contributed by atoms with Crippen LogP contribution in [0.2, 0.25) is 0 Å². The van der Waals surface area contributed by atoms with E-state index in [-0.39, 0.29) is 11.3 Å². The maximum absolute atomic E-state index is 13.2. The monoisotopic (exact) mass is 445 g/mol. The lowest BCUT2D eigenvalue weighted by atomic mass is 10.1. The second kappa shape index (κ2) is 8.43. The normalized spacial score (nSPS) is 11.6. The van der Waals surface area contributed by atoms with Gasteiger partial charge in [-0.2, -0.15) is 13.2 Å². The second-order valence-electron chi connectivity index (χ2n) is 6.80. The van der Waals surface area contributed by atoms with Crippen molar-refractivity contribution in [1.29, 1.82) is 0 Å². The number of halogens is 3. The highest BCUT2D eigenvalue weighted by molar-refractivity contribution is 7.15. The van der Waals surface area contributed by atoms with Crippen LogP contribution in [0.5, 0.6) is 5.75 Å². The molecule has 2 heterocycles. The van der Waals surface area contributed by atoms with Crippen molar-refractivity contribution in [2.24, 2.45) is 0 Å². The molecule has 1 amide bonds. The van der Waals surface area contributed by atoms with Gasteiger partial charge in [-0.05, 0) is 36.2 Å². The summed E-state index contributed by atoms with van der Waals surface area (Å²) in [4.78, 5) is 17.8. The van der Waals surface area contributed by atoms with Crippen LogP contribution in [-0.4, -0.2) is 28.9 Å². The van der Waals surface area contributed by atoms with Crippen LogP contribution in [0.15, 0.2) is 60.1 Å². The number of rotatable bonds is 6. The molecule has 9 heteroatoms. The number of hydrogen-bond donors (Lipinski definition) is 1. The van der Waals surface area contributed by atoms with Gasteiger partial charge < -0.3 is 10.1 Å². The Morgan fingerprint density at radius 1 is 1.19 bits per heavy atom. The van der Waals surface area contributed by atoms with Gasteiger partial charge in [0, 0.05) is 23.7 Å². The number of methoxy groups -OCH3 is 1. The molecule has 0 bridgehead atoms. The van der Waals surface area contributed by atoms with Crippen LogP contribution in [0.25, 0.3) is 16.2 Å². The van der Waals surface area contributed by atoms with Crippen LogP contribution in [0.1, 0.15) is 21.6 Å². The number of amides is 1. The average molecular weight is 445 g/mol. The topological polar surface area (TPSA) is 55.6 Å². The van der Waals surface area contributed by atoms with Gasteiger partial charge in [-0.25, -0.2) is 4.98 Å². The summed E-state index contributed by atoms with van der Waals surface area (Å²) in [5, 5.41) is 4.59. The Morgan fingerprint density at radius 3 is 2.68 bits per heavy atom. The van der Waals surface area contributed by atoms with E-state index in [9.17, 15) is 18.0 Å². The van der Waals surface area contributed by atoms with Gasteiger partial charge in [-0.3, -0.25) is 9.20 Å². The quantitative estimate of drug-likeness (QED) is 0.451. The molecule has 4 rings (SSSR count). The molecule has 0 fully saturated rings. The molecule has 0 aliphatic carbocycles. The number of benzene rings is 2. The number of ether oxygens (including phenoxy) is 1. The van der Waals surface area contributed by atoms with E-state index >= 15 is 0 Å². The Hall–Kier alpha value is -3.33.